The van der Waals surface area contributed by atoms with E-state index in [1.807, 2.05) is 0 Å². The van der Waals surface area contributed by atoms with Crippen molar-refractivity contribution in [2.75, 3.05) is 5.73 Å². The van der Waals surface area contributed by atoms with E-state index in [0.717, 1.165) is 12.1 Å². The van der Waals surface area contributed by atoms with E-state index in [0.29, 0.717) is 10.8 Å². The molecule has 94 valence electrons. The van der Waals surface area contributed by atoms with Crippen molar-refractivity contribution in [3.05, 3.63) is 45.2 Å². The highest BCUT2D eigenvalue weighted by atomic mass is 32.1. The van der Waals surface area contributed by atoms with E-state index in [2.05, 4.69) is 4.98 Å². The fourth-order valence-corrected chi connectivity index (χ4v) is 1.84. The molecule has 0 atom stereocenters. The third kappa shape index (κ3) is 2.72. The second kappa shape index (κ2) is 4.96. The molecule has 8 heteroatoms. The maximum atomic E-state index is 12.9. The zero-order chi connectivity index (χ0) is 13.1. The molecule has 18 heavy (non-hydrogen) atoms. The Balaban J connectivity index is 2.16. The number of nitro benzene ring substituents is 1. The molecule has 2 N–H and O–H groups in total. The van der Waals surface area contributed by atoms with Crippen molar-refractivity contribution in [1.82, 2.24) is 4.98 Å². The van der Waals surface area contributed by atoms with E-state index in [-0.39, 0.29) is 12.4 Å². The molecule has 0 unspecified atom stereocenters. The molecule has 0 saturated heterocycles. The Bertz CT molecular complexity index is 587. The van der Waals surface area contributed by atoms with Gasteiger partial charge >= 0.3 is 5.69 Å². The number of nitrogens with two attached hydrogens (primary N) is 1. The zero-order valence-electron chi connectivity index (χ0n) is 9.00. The van der Waals surface area contributed by atoms with Crippen LogP contribution in [0.15, 0.2) is 23.6 Å². The molecule has 0 spiro atoms. The van der Waals surface area contributed by atoms with Crippen molar-refractivity contribution in [3.8, 4) is 5.75 Å². The van der Waals surface area contributed by atoms with Crippen molar-refractivity contribution in [2.45, 2.75) is 6.61 Å². The van der Waals surface area contributed by atoms with Gasteiger partial charge in [-0.2, -0.15) is 0 Å². The van der Waals surface area contributed by atoms with Crippen LogP contribution in [-0.2, 0) is 6.61 Å². The molecule has 1 aromatic carbocycles. The molecule has 1 aromatic heterocycles. The number of thiazole rings is 1. The van der Waals surface area contributed by atoms with Crippen LogP contribution in [0.5, 0.6) is 5.75 Å². The summed E-state index contributed by atoms with van der Waals surface area (Å²) in [6.07, 6.45) is 0. The van der Waals surface area contributed by atoms with Gasteiger partial charge < -0.3 is 10.5 Å². The van der Waals surface area contributed by atoms with Crippen LogP contribution in [0, 0.1) is 15.9 Å². The number of nitro groups is 1. The molecule has 0 radical (unpaired) electrons. The summed E-state index contributed by atoms with van der Waals surface area (Å²) in [6.45, 7) is 0.0418. The molecular formula is C10H8FN3O3S. The fraction of sp³-hybridized carbons (Fsp3) is 0.100. The van der Waals surface area contributed by atoms with Crippen LogP contribution in [0.3, 0.4) is 0 Å². The number of ether oxygens (including phenoxy) is 1. The standard InChI is InChI=1S/C10H8FN3O3S/c11-6-1-2-9(8(3-6)14(15)16)17-4-7-5-18-10(12)13-7/h1-3,5H,4H2,(H2,12,13). The van der Waals surface area contributed by atoms with Gasteiger partial charge in [0.2, 0.25) is 0 Å². The van der Waals surface area contributed by atoms with Crippen LogP contribution < -0.4 is 10.5 Å². The highest BCUT2D eigenvalue weighted by Gasteiger charge is 2.16. The van der Waals surface area contributed by atoms with Gasteiger partial charge in [-0.3, -0.25) is 10.1 Å². The van der Waals surface area contributed by atoms with Crippen LogP contribution in [0.1, 0.15) is 5.69 Å². The molecule has 1 heterocycles. The number of aromatic nitrogens is 1. The molecule has 2 aromatic rings. The Labute approximate surface area is 105 Å². The minimum atomic E-state index is -0.701. The molecule has 0 fully saturated rings. The number of benzene rings is 1. The fourth-order valence-electron chi connectivity index (χ4n) is 1.30. The number of hydrogen-bond acceptors (Lipinski definition) is 6. The summed E-state index contributed by atoms with van der Waals surface area (Å²) in [5.41, 5.74) is 5.59. The van der Waals surface area contributed by atoms with E-state index in [4.69, 9.17) is 10.5 Å². The van der Waals surface area contributed by atoms with Crippen LogP contribution in [0.25, 0.3) is 0 Å². The highest BCUT2D eigenvalue weighted by molar-refractivity contribution is 7.13. The molecule has 6 nitrogen and oxygen atoms in total. The first-order valence-corrected chi connectivity index (χ1v) is 5.71. The van der Waals surface area contributed by atoms with Gasteiger partial charge in [-0.25, -0.2) is 9.37 Å². The van der Waals surface area contributed by atoms with E-state index < -0.39 is 16.4 Å². The first kappa shape index (κ1) is 12.2. The second-order valence-electron chi connectivity index (χ2n) is 3.33. The van der Waals surface area contributed by atoms with Gasteiger partial charge in [-0.05, 0) is 12.1 Å². The number of anilines is 1. The third-order valence-electron chi connectivity index (χ3n) is 2.06. The normalized spacial score (nSPS) is 10.3. The van der Waals surface area contributed by atoms with Crippen LogP contribution in [-0.4, -0.2) is 9.91 Å². The third-order valence-corrected chi connectivity index (χ3v) is 2.79. The summed E-state index contributed by atoms with van der Waals surface area (Å²) in [5.74, 6) is -0.695. The summed E-state index contributed by atoms with van der Waals surface area (Å²) in [6, 6.07) is 3.12. The monoisotopic (exact) mass is 269 g/mol. The predicted octanol–water partition coefficient (Wildman–Crippen LogP) is 2.35. The first-order valence-electron chi connectivity index (χ1n) is 4.83. The summed E-state index contributed by atoms with van der Waals surface area (Å²) in [5, 5.41) is 12.8. The number of rotatable bonds is 4. The van der Waals surface area contributed by atoms with Crippen molar-refractivity contribution in [2.24, 2.45) is 0 Å². The smallest absolute Gasteiger partial charge is 0.313 e. The molecule has 0 aliphatic heterocycles. The largest absolute Gasteiger partial charge is 0.480 e. The van der Waals surface area contributed by atoms with Gasteiger partial charge in [0.15, 0.2) is 10.9 Å². The van der Waals surface area contributed by atoms with Gasteiger partial charge in [0, 0.05) is 5.38 Å². The lowest BCUT2D eigenvalue weighted by molar-refractivity contribution is -0.386. The Morgan fingerprint density at radius 2 is 2.33 bits per heavy atom. The maximum Gasteiger partial charge on any atom is 0.313 e. The van der Waals surface area contributed by atoms with Crippen molar-refractivity contribution in [3.63, 3.8) is 0 Å². The lowest BCUT2D eigenvalue weighted by Crippen LogP contribution is -2.00. The quantitative estimate of drug-likeness (QED) is 0.679. The molecule has 0 aliphatic carbocycles. The zero-order valence-corrected chi connectivity index (χ0v) is 9.82. The molecule has 0 saturated carbocycles. The number of nitrogen functional groups attached to an aromatic ring is 1. The van der Waals surface area contributed by atoms with E-state index in [1.165, 1.54) is 17.4 Å². The summed E-state index contributed by atoms with van der Waals surface area (Å²) in [7, 11) is 0. The van der Waals surface area contributed by atoms with Gasteiger partial charge in [0.1, 0.15) is 12.4 Å². The van der Waals surface area contributed by atoms with Gasteiger partial charge in [0.25, 0.3) is 0 Å². The number of halogens is 1. The molecule has 0 bridgehead atoms. The maximum absolute atomic E-state index is 12.9. The number of hydrogen-bond donors (Lipinski definition) is 1. The summed E-state index contributed by atoms with van der Waals surface area (Å²) < 4.78 is 18.1. The average molecular weight is 269 g/mol. The van der Waals surface area contributed by atoms with E-state index in [9.17, 15) is 14.5 Å². The minimum Gasteiger partial charge on any atom is -0.480 e. The Morgan fingerprint density at radius 1 is 1.56 bits per heavy atom. The summed E-state index contributed by atoms with van der Waals surface area (Å²) >= 11 is 1.25. The van der Waals surface area contributed by atoms with Crippen molar-refractivity contribution in [1.29, 1.82) is 0 Å². The lowest BCUT2D eigenvalue weighted by Gasteiger charge is -2.04. The predicted molar refractivity (Wildman–Crippen MR) is 63.9 cm³/mol. The Hall–Kier alpha value is -2.22. The molecular weight excluding hydrogens is 261 g/mol. The number of nitrogens with zero attached hydrogens (tertiary/aromatic N) is 2. The lowest BCUT2D eigenvalue weighted by atomic mass is 10.3. The molecule has 2 rings (SSSR count). The van der Waals surface area contributed by atoms with Crippen molar-refractivity contribution >= 4 is 22.2 Å². The molecule has 0 amide bonds. The van der Waals surface area contributed by atoms with Crippen LogP contribution >= 0.6 is 11.3 Å². The van der Waals surface area contributed by atoms with Crippen LogP contribution in [0.2, 0.25) is 0 Å². The van der Waals surface area contributed by atoms with Gasteiger partial charge in [-0.15, -0.1) is 11.3 Å². The van der Waals surface area contributed by atoms with E-state index in [1.54, 1.807) is 5.38 Å². The van der Waals surface area contributed by atoms with Crippen molar-refractivity contribution < 1.29 is 14.1 Å². The first-order chi connectivity index (χ1) is 8.56. The topological polar surface area (TPSA) is 91.3 Å². The van der Waals surface area contributed by atoms with Gasteiger partial charge in [-0.1, -0.05) is 0 Å². The summed E-state index contributed by atoms with van der Waals surface area (Å²) in [4.78, 5) is 14.0. The van der Waals surface area contributed by atoms with E-state index >= 15 is 0 Å². The Morgan fingerprint density at radius 3 is 2.94 bits per heavy atom. The second-order valence-corrected chi connectivity index (χ2v) is 4.22. The van der Waals surface area contributed by atoms with Crippen LogP contribution in [0.4, 0.5) is 15.2 Å². The SMILES string of the molecule is Nc1nc(COc2ccc(F)cc2[N+](=O)[O-])cs1. The Kier molecular flexibility index (Phi) is 3.38. The highest BCUT2D eigenvalue weighted by Crippen LogP contribution is 2.28. The minimum absolute atomic E-state index is 0.00651. The average Bonchev–Trinajstić information content (AvgIpc) is 2.73. The molecule has 0 aliphatic rings. The van der Waals surface area contributed by atoms with Gasteiger partial charge in [0.05, 0.1) is 16.7 Å².